The summed E-state index contributed by atoms with van der Waals surface area (Å²) >= 11 is 1.37. The monoisotopic (exact) mass is 453 g/mol. The Labute approximate surface area is 193 Å². The molecule has 0 bridgehead atoms. The van der Waals surface area contributed by atoms with Gasteiger partial charge in [0.25, 0.3) is 11.8 Å². The molecule has 0 radical (unpaired) electrons. The zero-order valence-corrected chi connectivity index (χ0v) is 18.3. The zero-order chi connectivity index (χ0) is 22.6. The van der Waals surface area contributed by atoms with E-state index < -0.39 is 0 Å². The zero-order valence-electron chi connectivity index (χ0n) is 17.4. The van der Waals surface area contributed by atoms with E-state index in [2.05, 4.69) is 15.6 Å². The van der Waals surface area contributed by atoms with Gasteiger partial charge in [0.05, 0.1) is 11.3 Å². The molecule has 3 aromatic carbocycles. The number of furan rings is 1. The molecule has 0 aliphatic heterocycles. The first-order valence-corrected chi connectivity index (χ1v) is 11.2. The van der Waals surface area contributed by atoms with Crippen molar-refractivity contribution in [1.29, 1.82) is 0 Å². The molecule has 6 nitrogen and oxygen atoms in total. The summed E-state index contributed by atoms with van der Waals surface area (Å²) in [6, 6.07) is 24.2. The second-order valence-corrected chi connectivity index (χ2v) is 8.30. The number of hydrogen-bond donors (Lipinski definition) is 2. The summed E-state index contributed by atoms with van der Waals surface area (Å²) in [5.74, 6) is -0.409. The molecule has 0 aliphatic carbocycles. The van der Waals surface area contributed by atoms with E-state index in [1.807, 2.05) is 72.1 Å². The van der Waals surface area contributed by atoms with Gasteiger partial charge in [-0.05, 0) is 35.9 Å². The molecule has 2 aromatic heterocycles. The van der Waals surface area contributed by atoms with Crippen LogP contribution in [0.4, 0.5) is 10.8 Å². The summed E-state index contributed by atoms with van der Waals surface area (Å²) in [5.41, 5.74) is 4.35. The second kappa shape index (κ2) is 9.10. The molecule has 7 heteroatoms. The number of nitrogens with zero attached hydrogens (tertiary/aromatic N) is 1. The van der Waals surface area contributed by atoms with Crippen LogP contribution < -0.4 is 10.6 Å². The number of benzene rings is 3. The van der Waals surface area contributed by atoms with Gasteiger partial charge in [0.1, 0.15) is 11.8 Å². The minimum absolute atomic E-state index is 0.154. The fourth-order valence-electron chi connectivity index (χ4n) is 3.47. The first kappa shape index (κ1) is 20.7. The Hall–Kier alpha value is -4.23. The van der Waals surface area contributed by atoms with Crippen LogP contribution >= 0.6 is 11.3 Å². The smallest absolute Gasteiger partial charge is 0.261 e. The van der Waals surface area contributed by atoms with Crippen LogP contribution in [-0.2, 0) is 6.42 Å². The SMILES string of the molecule is O=C(Nc1ccccc1)c1ccc(Cc2csc(NC(=O)c3coc4ccccc34)n2)cc1. The van der Waals surface area contributed by atoms with Crippen molar-refractivity contribution in [3.63, 3.8) is 0 Å². The first-order chi connectivity index (χ1) is 16.2. The summed E-state index contributed by atoms with van der Waals surface area (Å²) in [5, 5.41) is 8.93. The highest BCUT2D eigenvalue weighted by molar-refractivity contribution is 7.14. The van der Waals surface area contributed by atoms with Crippen LogP contribution in [0.3, 0.4) is 0 Å². The molecule has 0 atom stereocenters. The van der Waals surface area contributed by atoms with E-state index in [4.69, 9.17) is 4.42 Å². The predicted octanol–water partition coefficient (Wildman–Crippen LogP) is 5.98. The van der Waals surface area contributed by atoms with E-state index >= 15 is 0 Å². The summed E-state index contributed by atoms with van der Waals surface area (Å²) in [6.45, 7) is 0. The quantitative estimate of drug-likeness (QED) is 0.331. The number of para-hydroxylation sites is 2. The molecule has 0 spiro atoms. The Balaban J connectivity index is 1.21. The standard InChI is InChI=1S/C26H19N3O3S/c30-24(27-19-6-2-1-3-7-19)18-12-10-17(11-13-18)14-20-16-33-26(28-20)29-25(31)22-15-32-23-9-5-4-8-21(22)23/h1-13,15-16H,14H2,(H,27,30)(H,28,29,31). The number of amides is 2. The van der Waals surface area contributed by atoms with Crippen LogP contribution in [0, 0.1) is 0 Å². The normalized spacial score (nSPS) is 10.8. The third kappa shape index (κ3) is 4.68. The van der Waals surface area contributed by atoms with Gasteiger partial charge in [0.15, 0.2) is 5.13 Å². The maximum absolute atomic E-state index is 12.6. The number of carbonyl (C=O) groups is 2. The molecule has 33 heavy (non-hydrogen) atoms. The third-order valence-corrected chi connectivity index (χ3v) is 5.94. The lowest BCUT2D eigenvalue weighted by molar-refractivity contribution is 0.101. The fourth-order valence-corrected chi connectivity index (χ4v) is 4.18. The van der Waals surface area contributed by atoms with Crippen LogP contribution in [0.25, 0.3) is 11.0 Å². The van der Waals surface area contributed by atoms with Gasteiger partial charge < -0.3 is 9.73 Å². The number of thiazole rings is 1. The molecule has 0 saturated heterocycles. The highest BCUT2D eigenvalue weighted by atomic mass is 32.1. The lowest BCUT2D eigenvalue weighted by Gasteiger charge is -2.06. The molecule has 2 heterocycles. The van der Waals surface area contributed by atoms with Crippen LogP contribution in [0.1, 0.15) is 32.0 Å². The molecule has 162 valence electrons. The Kier molecular flexibility index (Phi) is 5.70. The number of carbonyl (C=O) groups excluding carboxylic acids is 2. The summed E-state index contributed by atoms with van der Waals surface area (Å²) in [4.78, 5) is 29.6. The van der Waals surface area contributed by atoms with Gasteiger partial charge in [-0.25, -0.2) is 4.98 Å². The van der Waals surface area contributed by atoms with Gasteiger partial charge in [-0.15, -0.1) is 11.3 Å². The lowest BCUT2D eigenvalue weighted by atomic mass is 10.1. The second-order valence-electron chi connectivity index (χ2n) is 7.44. The van der Waals surface area contributed by atoms with Gasteiger partial charge in [0, 0.05) is 28.4 Å². The van der Waals surface area contributed by atoms with Crippen LogP contribution in [0.2, 0.25) is 0 Å². The Morgan fingerprint density at radius 1 is 0.848 bits per heavy atom. The average Bonchev–Trinajstić information content (AvgIpc) is 3.47. The summed E-state index contributed by atoms with van der Waals surface area (Å²) < 4.78 is 5.45. The Bertz CT molecular complexity index is 1420. The van der Waals surface area contributed by atoms with Crippen LogP contribution in [0.15, 0.2) is 94.9 Å². The minimum atomic E-state index is -0.255. The van der Waals surface area contributed by atoms with Crippen molar-refractivity contribution < 1.29 is 14.0 Å². The summed E-state index contributed by atoms with van der Waals surface area (Å²) in [6.07, 6.45) is 2.06. The lowest BCUT2D eigenvalue weighted by Crippen LogP contribution is -2.11. The van der Waals surface area contributed by atoms with Crippen molar-refractivity contribution >= 4 is 44.9 Å². The number of fused-ring (bicyclic) bond motifs is 1. The average molecular weight is 454 g/mol. The van der Waals surface area contributed by atoms with Crippen molar-refractivity contribution in [2.75, 3.05) is 10.6 Å². The number of hydrogen-bond acceptors (Lipinski definition) is 5. The van der Waals surface area contributed by atoms with Crippen LogP contribution in [0.5, 0.6) is 0 Å². The topological polar surface area (TPSA) is 84.2 Å². The van der Waals surface area contributed by atoms with Crippen molar-refractivity contribution in [3.8, 4) is 0 Å². The first-order valence-electron chi connectivity index (χ1n) is 10.3. The Morgan fingerprint density at radius 2 is 1.61 bits per heavy atom. The number of anilines is 2. The third-order valence-electron chi connectivity index (χ3n) is 5.13. The molecule has 0 fully saturated rings. The van der Waals surface area contributed by atoms with E-state index in [0.717, 1.165) is 22.3 Å². The predicted molar refractivity (Wildman–Crippen MR) is 130 cm³/mol. The molecule has 2 N–H and O–H groups in total. The maximum atomic E-state index is 12.6. The Morgan fingerprint density at radius 3 is 2.42 bits per heavy atom. The van der Waals surface area contributed by atoms with Crippen molar-refractivity contribution in [2.45, 2.75) is 6.42 Å². The molecular weight excluding hydrogens is 434 g/mol. The highest BCUT2D eigenvalue weighted by Crippen LogP contribution is 2.24. The van der Waals surface area contributed by atoms with E-state index in [-0.39, 0.29) is 11.8 Å². The molecule has 5 rings (SSSR count). The number of aromatic nitrogens is 1. The largest absolute Gasteiger partial charge is 0.463 e. The van der Waals surface area contributed by atoms with Gasteiger partial charge in [0.2, 0.25) is 0 Å². The van der Waals surface area contributed by atoms with E-state index in [0.29, 0.717) is 28.3 Å². The van der Waals surface area contributed by atoms with Gasteiger partial charge in [-0.2, -0.15) is 0 Å². The molecule has 0 saturated carbocycles. The molecule has 0 aliphatic rings. The van der Waals surface area contributed by atoms with Crippen LogP contribution in [-0.4, -0.2) is 16.8 Å². The van der Waals surface area contributed by atoms with E-state index in [9.17, 15) is 9.59 Å². The van der Waals surface area contributed by atoms with Gasteiger partial charge >= 0.3 is 0 Å². The molecule has 5 aromatic rings. The molecule has 0 unspecified atom stereocenters. The van der Waals surface area contributed by atoms with Crippen molar-refractivity contribution in [1.82, 2.24) is 4.98 Å². The number of nitrogens with one attached hydrogen (secondary N) is 2. The van der Waals surface area contributed by atoms with E-state index in [1.54, 1.807) is 12.1 Å². The van der Waals surface area contributed by atoms with Gasteiger partial charge in [-0.3, -0.25) is 14.9 Å². The number of rotatable bonds is 6. The van der Waals surface area contributed by atoms with Crippen molar-refractivity contribution in [3.05, 3.63) is 113 Å². The molecular formula is C26H19N3O3S. The molecule has 2 amide bonds. The fraction of sp³-hybridized carbons (Fsp3) is 0.0385. The van der Waals surface area contributed by atoms with Crippen molar-refractivity contribution in [2.24, 2.45) is 0 Å². The minimum Gasteiger partial charge on any atom is -0.463 e. The maximum Gasteiger partial charge on any atom is 0.261 e. The highest BCUT2D eigenvalue weighted by Gasteiger charge is 2.15. The van der Waals surface area contributed by atoms with E-state index in [1.165, 1.54) is 17.6 Å². The van der Waals surface area contributed by atoms with Gasteiger partial charge in [-0.1, -0.05) is 48.5 Å². The summed E-state index contributed by atoms with van der Waals surface area (Å²) in [7, 11) is 0.